The number of nitroso groups, excluding NO2 is 1. The Morgan fingerprint density at radius 1 is 1.35 bits per heavy atom. The highest BCUT2D eigenvalue weighted by molar-refractivity contribution is 5.09. The van der Waals surface area contributed by atoms with Crippen LogP contribution in [0.3, 0.4) is 0 Å². The van der Waals surface area contributed by atoms with Crippen LogP contribution in [0.15, 0.2) is 29.0 Å². The predicted octanol–water partition coefficient (Wildman–Crippen LogP) is 4.26. The van der Waals surface area contributed by atoms with Crippen LogP contribution < -0.4 is 0 Å². The molecule has 0 saturated heterocycles. The van der Waals surface area contributed by atoms with Crippen molar-refractivity contribution in [2.45, 2.75) is 65.0 Å². The van der Waals surface area contributed by atoms with Gasteiger partial charge in [0.1, 0.15) is 0 Å². The lowest BCUT2D eigenvalue weighted by Crippen LogP contribution is -2.42. The van der Waals surface area contributed by atoms with E-state index in [9.17, 15) is 15.0 Å². The summed E-state index contributed by atoms with van der Waals surface area (Å²) in [6.07, 6.45) is 8.22. The zero-order valence-electron chi connectivity index (χ0n) is 12.8. The second kappa shape index (κ2) is 6.29. The van der Waals surface area contributed by atoms with Gasteiger partial charge in [0.05, 0.1) is 0 Å². The van der Waals surface area contributed by atoms with Gasteiger partial charge in [-0.2, -0.15) is 0 Å². The molecule has 0 fully saturated rings. The standard InChI is InChI=1S/C15H24N2O3/c1-12-6-7-13(17(19)20)15(4,16-18)10-5-9-14(2,3)11-8-12/h5,8-9,13H,6-7,10-11H2,1-4H3/b9-5+,12-8+/t13?,15-/m0/s1. The van der Waals surface area contributed by atoms with Crippen LogP contribution in [0.5, 0.6) is 0 Å². The van der Waals surface area contributed by atoms with Crippen molar-refractivity contribution in [3.8, 4) is 0 Å². The molecular weight excluding hydrogens is 256 g/mol. The summed E-state index contributed by atoms with van der Waals surface area (Å²) in [5.74, 6) is 0. The lowest BCUT2D eigenvalue weighted by atomic mass is 9.85. The normalized spacial score (nSPS) is 35.2. The predicted molar refractivity (Wildman–Crippen MR) is 80.1 cm³/mol. The first-order valence-corrected chi connectivity index (χ1v) is 7.01. The summed E-state index contributed by atoms with van der Waals surface area (Å²) in [4.78, 5) is 22.1. The Bertz CT molecular complexity index is 440. The zero-order chi connectivity index (χ0) is 15.4. The van der Waals surface area contributed by atoms with Crippen molar-refractivity contribution in [1.82, 2.24) is 0 Å². The third kappa shape index (κ3) is 4.25. The summed E-state index contributed by atoms with van der Waals surface area (Å²) >= 11 is 0. The van der Waals surface area contributed by atoms with E-state index in [2.05, 4.69) is 25.1 Å². The van der Waals surface area contributed by atoms with Gasteiger partial charge in [-0.15, -0.1) is 4.91 Å². The minimum Gasteiger partial charge on any atom is -0.264 e. The largest absolute Gasteiger partial charge is 0.264 e. The number of hydrogen-bond acceptors (Lipinski definition) is 4. The fourth-order valence-electron chi connectivity index (χ4n) is 2.47. The van der Waals surface area contributed by atoms with Gasteiger partial charge in [-0.1, -0.05) is 42.8 Å². The number of rotatable bonds is 2. The van der Waals surface area contributed by atoms with Gasteiger partial charge in [0.15, 0.2) is 5.54 Å². The summed E-state index contributed by atoms with van der Waals surface area (Å²) in [7, 11) is 0. The van der Waals surface area contributed by atoms with E-state index < -0.39 is 11.6 Å². The Morgan fingerprint density at radius 2 is 2.00 bits per heavy atom. The number of allylic oxidation sites excluding steroid dienone is 3. The highest BCUT2D eigenvalue weighted by Crippen LogP contribution is 2.31. The Hall–Kier alpha value is -1.52. The highest BCUT2D eigenvalue weighted by Gasteiger charge is 2.43. The van der Waals surface area contributed by atoms with E-state index >= 15 is 0 Å². The first kappa shape index (κ1) is 16.5. The van der Waals surface area contributed by atoms with Gasteiger partial charge in [-0.05, 0) is 32.1 Å². The van der Waals surface area contributed by atoms with Gasteiger partial charge in [-0.25, -0.2) is 0 Å². The summed E-state index contributed by atoms with van der Waals surface area (Å²) in [5.41, 5.74) is -0.0614. The quantitative estimate of drug-likeness (QED) is 0.328. The smallest absolute Gasteiger partial charge is 0.241 e. The molecule has 0 bridgehead atoms. The lowest BCUT2D eigenvalue weighted by molar-refractivity contribution is -0.533. The van der Waals surface area contributed by atoms with E-state index in [0.717, 1.165) is 12.0 Å². The molecule has 2 atom stereocenters. The lowest BCUT2D eigenvalue weighted by Gasteiger charge is -2.24. The molecule has 0 aromatic heterocycles. The summed E-state index contributed by atoms with van der Waals surface area (Å²) < 4.78 is 0. The molecule has 0 amide bonds. The molecule has 0 spiro atoms. The van der Waals surface area contributed by atoms with Crippen LogP contribution in [0.25, 0.3) is 0 Å². The van der Waals surface area contributed by atoms with Gasteiger partial charge in [0.25, 0.3) is 0 Å². The molecule has 1 aliphatic rings. The molecule has 5 nitrogen and oxygen atoms in total. The third-order valence-electron chi connectivity index (χ3n) is 4.07. The molecule has 0 radical (unpaired) electrons. The molecule has 1 aliphatic carbocycles. The molecule has 5 heteroatoms. The van der Waals surface area contributed by atoms with Crippen molar-refractivity contribution in [2.75, 3.05) is 0 Å². The second-order valence-corrected chi connectivity index (χ2v) is 6.64. The summed E-state index contributed by atoms with van der Waals surface area (Å²) in [6.45, 7) is 7.80. The van der Waals surface area contributed by atoms with Crippen LogP contribution in [0.1, 0.15) is 53.4 Å². The van der Waals surface area contributed by atoms with Gasteiger partial charge in [0, 0.05) is 17.8 Å². The van der Waals surface area contributed by atoms with Gasteiger partial charge in [0.2, 0.25) is 6.04 Å². The average molecular weight is 280 g/mol. The van der Waals surface area contributed by atoms with Crippen molar-refractivity contribution < 1.29 is 4.92 Å². The average Bonchev–Trinajstić information content (AvgIpc) is 2.37. The maximum absolute atomic E-state index is 11.3. The number of nitrogens with zero attached hydrogens (tertiary/aromatic N) is 2. The zero-order valence-corrected chi connectivity index (χ0v) is 12.8. The van der Waals surface area contributed by atoms with E-state index in [-0.39, 0.29) is 10.3 Å². The van der Waals surface area contributed by atoms with E-state index in [1.165, 1.54) is 0 Å². The number of nitro groups is 1. The molecule has 0 saturated carbocycles. The molecule has 0 heterocycles. The Kier molecular flexibility index (Phi) is 5.20. The summed E-state index contributed by atoms with van der Waals surface area (Å²) in [6, 6.07) is -0.936. The SMILES string of the molecule is C/C1=C\CC(C)(C)/C=C/C[C@](C)(N=O)C([N+](=O)[O-])CC1. The van der Waals surface area contributed by atoms with Crippen LogP contribution in [0, 0.1) is 20.4 Å². The minimum absolute atomic E-state index is 0.0144. The van der Waals surface area contributed by atoms with Crippen molar-refractivity contribution in [3.05, 3.63) is 38.8 Å². The Labute approximate surface area is 120 Å². The van der Waals surface area contributed by atoms with Crippen molar-refractivity contribution in [1.29, 1.82) is 0 Å². The molecule has 112 valence electrons. The first-order valence-electron chi connectivity index (χ1n) is 7.01. The van der Waals surface area contributed by atoms with Gasteiger partial charge in [-0.3, -0.25) is 10.1 Å². The molecular formula is C15H24N2O3. The number of hydrogen-bond donors (Lipinski definition) is 0. The van der Waals surface area contributed by atoms with E-state index in [1.54, 1.807) is 6.92 Å². The van der Waals surface area contributed by atoms with Gasteiger partial charge < -0.3 is 0 Å². The monoisotopic (exact) mass is 280 g/mol. The molecule has 0 aliphatic heterocycles. The Balaban J connectivity index is 3.13. The molecule has 0 N–H and O–H groups in total. The van der Waals surface area contributed by atoms with Crippen LogP contribution in [0.4, 0.5) is 0 Å². The fourth-order valence-corrected chi connectivity index (χ4v) is 2.47. The highest BCUT2D eigenvalue weighted by atomic mass is 16.6. The first-order chi connectivity index (χ1) is 9.20. The van der Waals surface area contributed by atoms with Crippen LogP contribution >= 0.6 is 0 Å². The van der Waals surface area contributed by atoms with Crippen molar-refractivity contribution in [3.63, 3.8) is 0 Å². The molecule has 1 unspecified atom stereocenters. The third-order valence-corrected chi connectivity index (χ3v) is 4.07. The maximum atomic E-state index is 11.3. The molecule has 1 rings (SSSR count). The Morgan fingerprint density at radius 3 is 2.55 bits per heavy atom. The molecule has 0 aromatic carbocycles. The topological polar surface area (TPSA) is 72.6 Å². The van der Waals surface area contributed by atoms with Gasteiger partial charge >= 0.3 is 0 Å². The van der Waals surface area contributed by atoms with Crippen molar-refractivity contribution in [2.24, 2.45) is 10.6 Å². The summed E-state index contributed by atoms with van der Waals surface area (Å²) in [5, 5.41) is 14.4. The molecule has 20 heavy (non-hydrogen) atoms. The molecule has 0 aromatic rings. The minimum atomic E-state index is -1.18. The maximum Gasteiger partial charge on any atom is 0.241 e. The van der Waals surface area contributed by atoms with E-state index in [0.29, 0.717) is 19.3 Å². The van der Waals surface area contributed by atoms with Crippen LogP contribution in [-0.4, -0.2) is 16.5 Å². The van der Waals surface area contributed by atoms with E-state index in [1.807, 2.05) is 19.1 Å². The second-order valence-electron chi connectivity index (χ2n) is 6.64. The van der Waals surface area contributed by atoms with Crippen molar-refractivity contribution >= 4 is 0 Å². The fraction of sp³-hybridized carbons (Fsp3) is 0.733. The van der Waals surface area contributed by atoms with Crippen LogP contribution in [-0.2, 0) is 0 Å². The van der Waals surface area contributed by atoms with Crippen LogP contribution in [0.2, 0.25) is 0 Å². The van der Waals surface area contributed by atoms with E-state index in [4.69, 9.17) is 0 Å².